The van der Waals surface area contributed by atoms with Crippen LogP contribution in [-0.2, 0) is 16.0 Å². The molecule has 1 N–H and O–H groups in total. The minimum atomic E-state index is 0.00794. The first kappa shape index (κ1) is 15.5. The van der Waals surface area contributed by atoms with E-state index in [-0.39, 0.29) is 17.9 Å². The molecule has 0 radical (unpaired) electrons. The van der Waals surface area contributed by atoms with Gasteiger partial charge in [-0.3, -0.25) is 9.59 Å². The number of nitrogens with one attached hydrogen (secondary N) is 1. The van der Waals surface area contributed by atoms with Crippen molar-refractivity contribution >= 4 is 17.5 Å². The standard InChI is InChI=1S/C17H24N2O2/c1-13-12-15-8-5-6-9-16(15)19(13)17(21)10-4-3-7-11-18-14(2)20/h5-6,8-9,13H,3-4,7,10-12H2,1-2H3,(H,18,20). The Labute approximate surface area is 126 Å². The zero-order valence-corrected chi connectivity index (χ0v) is 12.9. The lowest BCUT2D eigenvalue weighted by molar-refractivity contribution is -0.120. The number of hydrogen-bond acceptors (Lipinski definition) is 2. The molecule has 1 atom stereocenters. The topological polar surface area (TPSA) is 49.4 Å². The van der Waals surface area contributed by atoms with Crippen LogP contribution in [-0.4, -0.2) is 24.4 Å². The molecule has 0 bridgehead atoms. The van der Waals surface area contributed by atoms with Crippen molar-refractivity contribution < 1.29 is 9.59 Å². The summed E-state index contributed by atoms with van der Waals surface area (Å²) in [5, 5.41) is 2.77. The molecule has 1 aromatic carbocycles. The summed E-state index contributed by atoms with van der Waals surface area (Å²) < 4.78 is 0. The van der Waals surface area contributed by atoms with E-state index < -0.39 is 0 Å². The molecule has 0 aromatic heterocycles. The van der Waals surface area contributed by atoms with Gasteiger partial charge in [0.05, 0.1) is 0 Å². The van der Waals surface area contributed by atoms with Crippen LogP contribution in [0.4, 0.5) is 5.69 Å². The monoisotopic (exact) mass is 288 g/mol. The number of hydrogen-bond donors (Lipinski definition) is 1. The van der Waals surface area contributed by atoms with Crippen molar-refractivity contribution in [1.82, 2.24) is 5.32 Å². The van der Waals surface area contributed by atoms with E-state index in [9.17, 15) is 9.59 Å². The van der Waals surface area contributed by atoms with Gasteiger partial charge >= 0.3 is 0 Å². The van der Waals surface area contributed by atoms with Gasteiger partial charge in [-0.05, 0) is 37.8 Å². The molecule has 1 heterocycles. The fourth-order valence-electron chi connectivity index (χ4n) is 2.91. The highest BCUT2D eigenvalue weighted by Crippen LogP contribution is 2.32. The summed E-state index contributed by atoms with van der Waals surface area (Å²) in [4.78, 5) is 25.1. The Bertz CT molecular complexity index is 513. The number of nitrogens with zero attached hydrogens (tertiary/aromatic N) is 1. The van der Waals surface area contributed by atoms with E-state index >= 15 is 0 Å². The molecule has 4 nitrogen and oxygen atoms in total. The summed E-state index contributed by atoms with van der Waals surface area (Å²) in [6.07, 6.45) is 4.31. The van der Waals surface area contributed by atoms with E-state index in [1.54, 1.807) is 0 Å². The van der Waals surface area contributed by atoms with Crippen LogP contribution in [0.3, 0.4) is 0 Å². The SMILES string of the molecule is CC(=O)NCCCCCC(=O)N1c2ccccc2CC1C. The molecule has 2 rings (SSSR count). The van der Waals surface area contributed by atoms with Crippen LogP contribution < -0.4 is 10.2 Å². The molecule has 0 spiro atoms. The Morgan fingerprint density at radius 3 is 2.76 bits per heavy atom. The molecule has 4 heteroatoms. The summed E-state index contributed by atoms with van der Waals surface area (Å²) in [7, 11) is 0. The zero-order chi connectivity index (χ0) is 15.2. The highest BCUT2D eigenvalue weighted by molar-refractivity contribution is 5.96. The Morgan fingerprint density at radius 1 is 1.24 bits per heavy atom. The van der Waals surface area contributed by atoms with Crippen molar-refractivity contribution in [2.24, 2.45) is 0 Å². The summed E-state index contributed by atoms with van der Waals surface area (Å²) in [6.45, 7) is 4.33. The summed E-state index contributed by atoms with van der Waals surface area (Å²) in [5.41, 5.74) is 2.34. The van der Waals surface area contributed by atoms with Gasteiger partial charge in [0, 0.05) is 31.6 Å². The van der Waals surface area contributed by atoms with E-state index in [2.05, 4.69) is 18.3 Å². The number of anilines is 1. The number of unbranched alkanes of at least 4 members (excludes halogenated alkanes) is 2. The molecule has 0 aliphatic carbocycles. The third kappa shape index (κ3) is 4.06. The van der Waals surface area contributed by atoms with Gasteiger partial charge in [0.1, 0.15) is 0 Å². The van der Waals surface area contributed by atoms with Gasteiger partial charge in [-0.15, -0.1) is 0 Å². The van der Waals surface area contributed by atoms with Crippen molar-refractivity contribution in [3.05, 3.63) is 29.8 Å². The fraction of sp³-hybridized carbons (Fsp3) is 0.529. The first-order valence-corrected chi connectivity index (χ1v) is 7.74. The maximum atomic E-state index is 12.4. The second-order valence-corrected chi connectivity index (χ2v) is 5.74. The molecule has 1 aliphatic rings. The van der Waals surface area contributed by atoms with Gasteiger partial charge in [0.15, 0.2) is 0 Å². The van der Waals surface area contributed by atoms with E-state index in [0.717, 1.165) is 31.4 Å². The lowest BCUT2D eigenvalue weighted by atomic mass is 10.1. The minimum Gasteiger partial charge on any atom is -0.356 e. The van der Waals surface area contributed by atoms with Crippen molar-refractivity contribution in [3.8, 4) is 0 Å². The molecule has 1 aromatic rings. The second-order valence-electron chi connectivity index (χ2n) is 5.74. The molecule has 1 aliphatic heterocycles. The minimum absolute atomic E-state index is 0.00794. The largest absolute Gasteiger partial charge is 0.356 e. The average Bonchev–Trinajstić information content (AvgIpc) is 2.78. The number of rotatable bonds is 6. The second kappa shape index (κ2) is 7.25. The normalized spacial score (nSPS) is 16.7. The molecule has 0 fully saturated rings. The highest BCUT2D eigenvalue weighted by atomic mass is 16.2. The molecule has 21 heavy (non-hydrogen) atoms. The summed E-state index contributed by atoms with van der Waals surface area (Å²) in [6, 6.07) is 8.42. The Kier molecular flexibility index (Phi) is 5.37. The van der Waals surface area contributed by atoms with Gasteiger partial charge in [-0.2, -0.15) is 0 Å². The molecular weight excluding hydrogens is 264 g/mol. The van der Waals surface area contributed by atoms with Crippen molar-refractivity contribution in [2.75, 3.05) is 11.4 Å². The van der Waals surface area contributed by atoms with Gasteiger partial charge in [-0.25, -0.2) is 0 Å². The molecular formula is C17H24N2O2. The van der Waals surface area contributed by atoms with E-state index in [1.165, 1.54) is 12.5 Å². The van der Waals surface area contributed by atoms with Crippen LogP contribution in [0.25, 0.3) is 0 Å². The lowest BCUT2D eigenvalue weighted by Crippen LogP contribution is -2.35. The summed E-state index contributed by atoms with van der Waals surface area (Å²) in [5.74, 6) is 0.223. The maximum Gasteiger partial charge on any atom is 0.227 e. The van der Waals surface area contributed by atoms with Crippen LogP contribution in [0.5, 0.6) is 0 Å². The number of amides is 2. The van der Waals surface area contributed by atoms with Crippen LogP contribution >= 0.6 is 0 Å². The predicted octanol–water partition coefficient (Wildman–Crippen LogP) is 2.66. The number of para-hydroxylation sites is 1. The third-order valence-corrected chi connectivity index (χ3v) is 3.92. The van der Waals surface area contributed by atoms with Crippen molar-refractivity contribution in [1.29, 1.82) is 0 Å². The quantitative estimate of drug-likeness (QED) is 0.818. The van der Waals surface area contributed by atoms with Crippen LogP contribution in [0.1, 0.15) is 45.1 Å². The highest BCUT2D eigenvalue weighted by Gasteiger charge is 2.29. The average molecular weight is 288 g/mol. The van der Waals surface area contributed by atoms with Gasteiger partial charge in [-0.1, -0.05) is 24.6 Å². The Morgan fingerprint density at radius 2 is 2.00 bits per heavy atom. The first-order chi connectivity index (χ1) is 10.1. The third-order valence-electron chi connectivity index (χ3n) is 3.92. The van der Waals surface area contributed by atoms with Crippen LogP contribution in [0, 0.1) is 0 Å². The Hall–Kier alpha value is -1.84. The van der Waals surface area contributed by atoms with Crippen molar-refractivity contribution in [2.45, 2.75) is 52.0 Å². The fourth-order valence-corrected chi connectivity index (χ4v) is 2.91. The zero-order valence-electron chi connectivity index (χ0n) is 12.9. The number of fused-ring (bicyclic) bond motifs is 1. The van der Waals surface area contributed by atoms with Crippen LogP contribution in [0.15, 0.2) is 24.3 Å². The lowest BCUT2D eigenvalue weighted by Gasteiger charge is -2.22. The van der Waals surface area contributed by atoms with E-state index in [1.807, 2.05) is 23.1 Å². The molecule has 0 saturated carbocycles. The molecule has 2 amide bonds. The number of carbonyl (C=O) groups is 2. The number of carbonyl (C=O) groups excluding carboxylic acids is 2. The summed E-state index contributed by atoms with van der Waals surface area (Å²) >= 11 is 0. The molecule has 1 unspecified atom stereocenters. The Balaban J connectivity index is 1.77. The van der Waals surface area contributed by atoms with Crippen LogP contribution in [0.2, 0.25) is 0 Å². The molecule has 0 saturated heterocycles. The first-order valence-electron chi connectivity index (χ1n) is 7.74. The number of benzene rings is 1. The predicted molar refractivity (Wildman–Crippen MR) is 84.2 cm³/mol. The van der Waals surface area contributed by atoms with Gasteiger partial charge in [0.2, 0.25) is 11.8 Å². The van der Waals surface area contributed by atoms with Crippen molar-refractivity contribution in [3.63, 3.8) is 0 Å². The van der Waals surface area contributed by atoms with E-state index in [0.29, 0.717) is 13.0 Å². The van der Waals surface area contributed by atoms with E-state index in [4.69, 9.17) is 0 Å². The maximum absolute atomic E-state index is 12.4. The van der Waals surface area contributed by atoms with Gasteiger partial charge in [0.25, 0.3) is 0 Å². The molecule has 114 valence electrons. The van der Waals surface area contributed by atoms with Gasteiger partial charge < -0.3 is 10.2 Å². The smallest absolute Gasteiger partial charge is 0.227 e.